The van der Waals surface area contributed by atoms with Gasteiger partial charge in [-0.05, 0) is 53.6 Å². The van der Waals surface area contributed by atoms with Gasteiger partial charge >= 0.3 is 0 Å². The SMILES string of the molecule is c1ccc(-c2nc(-c3cccc4oc5cccc(-c6cccc(-c7nc8ccccc8s7)c6)c5c34)nc(-n3c4ccccc4c4ccccc43)n2)cc1. The van der Waals surface area contributed by atoms with Crippen LogP contribution in [0.15, 0.2) is 168 Å². The lowest BCUT2D eigenvalue weighted by atomic mass is 9.96. The highest BCUT2D eigenvalue weighted by Crippen LogP contribution is 2.42. The highest BCUT2D eigenvalue weighted by Gasteiger charge is 2.22. The maximum atomic E-state index is 6.58. The van der Waals surface area contributed by atoms with Crippen molar-refractivity contribution in [2.24, 2.45) is 0 Å². The summed E-state index contributed by atoms with van der Waals surface area (Å²) in [5.41, 5.74) is 9.66. The Morgan fingerprint density at radius 3 is 1.83 bits per heavy atom. The Morgan fingerprint density at radius 2 is 1.06 bits per heavy atom. The van der Waals surface area contributed by atoms with Crippen molar-refractivity contribution >= 4 is 65.3 Å². The molecular weight excluding hydrogens is 671 g/mol. The van der Waals surface area contributed by atoms with Gasteiger partial charge in [0.1, 0.15) is 16.2 Å². The van der Waals surface area contributed by atoms with Crippen molar-refractivity contribution in [1.82, 2.24) is 24.5 Å². The minimum Gasteiger partial charge on any atom is -0.456 e. The molecule has 0 saturated carbocycles. The number of aromatic nitrogens is 5. The first-order valence-electron chi connectivity index (χ1n) is 17.5. The van der Waals surface area contributed by atoms with Gasteiger partial charge in [0.2, 0.25) is 5.95 Å². The summed E-state index contributed by atoms with van der Waals surface area (Å²) >= 11 is 1.71. The Bertz CT molecular complexity index is 3110. The third kappa shape index (κ3) is 4.79. The van der Waals surface area contributed by atoms with Crippen molar-refractivity contribution < 1.29 is 4.42 Å². The number of rotatable bonds is 5. The predicted octanol–water partition coefficient (Wildman–Crippen LogP) is 12.1. The van der Waals surface area contributed by atoms with Crippen molar-refractivity contribution in [2.45, 2.75) is 0 Å². The smallest absolute Gasteiger partial charge is 0.238 e. The van der Waals surface area contributed by atoms with Gasteiger partial charge in [0, 0.05) is 38.2 Å². The third-order valence-corrected chi connectivity index (χ3v) is 11.0. The van der Waals surface area contributed by atoms with Crippen LogP contribution in [0.2, 0.25) is 0 Å². The molecule has 53 heavy (non-hydrogen) atoms. The van der Waals surface area contributed by atoms with Crippen LogP contribution >= 0.6 is 11.3 Å². The summed E-state index contributed by atoms with van der Waals surface area (Å²) in [7, 11) is 0. The first-order valence-corrected chi connectivity index (χ1v) is 18.3. The van der Waals surface area contributed by atoms with Crippen LogP contribution < -0.4 is 0 Å². The summed E-state index contributed by atoms with van der Waals surface area (Å²) < 4.78 is 9.90. The first kappa shape index (κ1) is 29.7. The molecule has 0 aliphatic heterocycles. The van der Waals surface area contributed by atoms with Crippen LogP contribution in [0.1, 0.15) is 0 Å². The monoisotopic (exact) mass is 697 g/mol. The average Bonchev–Trinajstić information content (AvgIpc) is 3.93. The Balaban J connectivity index is 1.16. The zero-order chi connectivity index (χ0) is 34.9. The fourth-order valence-electron chi connectivity index (χ4n) is 7.55. The van der Waals surface area contributed by atoms with Gasteiger partial charge < -0.3 is 4.42 Å². The van der Waals surface area contributed by atoms with E-state index in [9.17, 15) is 0 Å². The van der Waals surface area contributed by atoms with Crippen molar-refractivity contribution in [3.8, 4) is 50.4 Å². The maximum Gasteiger partial charge on any atom is 0.238 e. The fourth-order valence-corrected chi connectivity index (χ4v) is 8.51. The molecule has 248 valence electrons. The summed E-state index contributed by atoms with van der Waals surface area (Å²) in [4.78, 5) is 20.5. The molecule has 7 aromatic carbocycles. The number of thiazole rings is 1. The highest BCUT2D eigenvalue weighted by atomic mass is 32.1. The largest absolute Gasteiger partial charge is 0.456 e. The van der Waals surface area contributed by atoms with E-state index in [-0.39, 0.29) is 0 Å². The van der Waals surface area contributed by atoms with Gasteiger partial charge in [-0.1, -0.05) is 121 Å². The van der Waals surface area contributed by atoms with E-state index in [1.165, 1.54) is 4.70 Å². The second kappa shape index (κ2) is 11.8. The molecule has 0 amide bonds. The number of benzene rings is 7. The van der Waals surface area contributed by atoms with E-state index in [1.807, 2.05) is 54.6 Å². The van der Waals surface area contributed by atoms with Crippen molar-refractivity contribution in [2.75, 3.05) is 0 Å². The van der Waals surface area contributed by atoms with E-state index in [0.29, 0.717) is 17.6 Å². The molecule has 0 radical (unpaired) electrons. The normalized spacial score (nSPS) is 11.8. The number of fused-ring (bicyclic) bond motifs is 7. The van der Waals surface area contributed by atoms with Crippen LogP contribution in [0.3, 0.4) is 0 Å². The lowest BCUT2D eigenvalue weighted by molar-refractivity contribution is 0.669. The van der Waals surface area contributed by atoms with Gasteiger partial charge in [-0.25, -0.2) is 9.97 Å². The number of hydrogen-bond acceptors (Lipinski definition) is 6. The summed E-state index contributed by atoms with van der Waals surface area (Å²) in [6.07, 6.45) is 0. The molecular formula is C46H27N5OS. The predicted molar refractivity (Wildman–Crippen MR) is 216 cm³/mol. The number of para-hydroxylation sites is 3. The quantitative estimate of drug-likeness (QED) is 0.179. The topological polar surface area (TPSA) is 69.6 Å². The van der Waals surface area contributed by atoms with Gasteiger partial charge in [-0.3, -0.25) is 4.57 Å². The second-order valence-electron chi connectivity index (χ2n) is 13.0. The van der Waals surface area contributed by atoms with E-state index >= 15 is 0 Å². The fraction of sp³-hybridized carbons (Fsp3) is 0. The molecule has 0 unspecified atom stereocenters. The standard InChI is InChI=1S/C46H27N5OS/c1-2-13-28(14-3-1)43-48-44(50-46(49-43)51-36-22-7-4-17-32(36)33-18-5-8-23-37(33)51)34-20-12-25-39-42(34)41-31(19-11-24-38(41)52-39)29-15-10-16-30(27-29)45-47-35-21-6-9-26-40(35)53-45/h1-27H. The molecule has 7 heteroatoms. The Labute approximate surface area is 307 Å². The summed E-state index contributed by atoms with van der Waals surface area (Å²) in [6.45, 7) is 0. The van der Waals surface area contributed by atoms with E-state index < -0.39 is 0 Å². The second-order valence-corrected chi connectivity index (χ2v) is 14.1. The summed E-state index contributed by atoms with van der Waals surface area (Å²) in [5.74, 6) is 1.72. The molecule has 4 heterocycles. The van der Waals surface area contributed by atoms with Crippen molar-refractivity contribution in [3.05, 3.63) is 164 Å². The minimum atomic E-state index is 0.555. The zero-order valence-corrected chi connectivity index (χ0v) is 29.0. The molecule has 0 aliphatic rings. The molecule has 4 aromatic heterocycles. The van der Waals surface area contributed by atoms with Crippen LogP contribution in [-0.4, -0.2) is 24.5 Å². The molecule has 11 rings (SSSR count). The van der Waals surface area contributed by atoms with E-state index in [0.717, 1.165) is 82.1 Å². The van der Waals surface area contributed by atoms with Gasteiger partial charge in [0.05, 0.1) is 21.3 Å². The van der Waals surface area contributed by atoms with Crippen LogP contribution in [0, 0.1) is 0 Å². The zero-order valence-electron chi connectivity index (χ0n) is 28.1. The van der Waals surface area contributed by atoms with Crippen LogP contribution in [0.25, 0.3) is 104 Å². The molecule has 0 spiro atoms. The van der Waals surface area contributed by atoms with E-state index in [4.69, 9.17) is 24.4 Å². The Hall–Kier alpha value is -6.96. The molecule has 0 aliphatic carbocycles. The summed E-state index contributed by atoms with van der Waals surface area (Å²) in [5, 5.41) is 5.26. The van der Waals surface area contributed by atoms with Crippen LogP contribution in [-0.2, 0) is 0 Å². The van der Waals surface area contributed by atoms with Crippen LogP contribution in [0.4, 0.5) is 0 Å². The molecule has 0 bridgehead atoms. The third-order valence-electron chi connectivity index (χ3n) is 9.91. The molecule has 0 saturated heterocycles. The average molecular weight is 698 g/mol. The maximum absolute atomic E-state index is 6.58. The number of nitrogens with zero attached hydrogens (tertiary/aromatic N) is 5. The molecule has 0 N–H and O–H groups in total. The van der Waals surface area contributed by atoms with Crippen LogP contribution in [0.5, 0.6) is 0 Å². The number of furan rings is 1. The van der Waals surface area contributed by atoms with Crippen molar-refractivity contribution in [1.29, 1.82) is 0 Å². The van der Waals surface area contributed by atoms with E-state index in [1.54, 1.807) is 11.3 Å². The molecule has 0 fully saturated rings. The first-order chi connectivity index (χ1) is 26.3. The lowest BCUT2D eigenvalue weighted by Crippen LogP contribution is -2.06. The minimum absolute atomic E-state index is 0.555. The summed E-state index contributed by atoms with van der Waals surface area (Å²) in [6, 6.07) is 56.2. The Kier molecular flexibility index (Phi) is 6.62. The van der Waals surface area contributed by atoms with Crippen molar-refractivity contribution in [3.63, 3.8) is 0 Å². The molecule has 11 aromatic rings. The Morgan fingerprint density at radius 1 is 0.453 bits per heavy atom. The molecule has 0 atom stereocenters. The van der Waals surface area contributed by atoms with Gasteiger partial charge in [0.25, 0.3) is 0 Å². The van der Waals surface area contributed by atoms with Gasteiger partial charge in [-0.15, -0.1) is 11.3 Å². The van der Waals surface area contributed by atoms with E-state index in [2.05, 4.69) is 114 Å². The number of hydrogen-bond donors (Lipinski definition) is 0. The molecule has 6 nitrogen and oxygen atoms in total. The highest BCUT2D eigenvalue weighted by molar-refractivity contribution is 7.21. The van der Waals surface area contributed by atoms with Gasteiger partial charge in [-0.2, -0.15) is 9.97 Å². The lowest BCUT2D eigenvalue weighted by Gasteiger charge is -2.12. The van der Waals surface area contributed by atoms with Gasteiger partial charge in [0.15, 0.2) is 11.6 Å².